The van der Waals surface area contributed by atoms with Crippen LogP contribution in [0, 0.1) is 0 Å². The quantitative estimate of drug-likeness (QED) is 0.719. The number of nitrogens with zero attached hydrogens (tertiary/aromatic N) is 3. The molecule has 0 radical (unpaired) electrons. The summed E-state index contributed by atoms with van der Waals surface area (Å²) >= 11 is 6.07. The average Bonchev–Trinajstić information content (AvgIpc) is 3.05. The molecule has 1 saturated heterocycles. The van der Waals surface area contributed by atoms with E-state index in [4.69, 9.17) is 16.3 Å². The normalized spacial score (nSPS) is 15.0. The number of imidazole rings is 1. The van der Waals surface area contributed by atoms with Gasteiger partial charge in [-0.2, -0.15) is 0 Å². The molecule has 0 unspecified atom stereocenters. The summed E-state index contributed by atoms with van der Waals surface area (Å²) in [5.41, 5.74) is 3.32. The Balaban J connectivity index is 1.69. The van der Waals surface area contributed by atoms with Gasteiger partial charge in [-0.25, -0.2) is 4.98 Å². The molecule has 0 saturated carbocycles. The van der Waals surface area contributed by atoms with Crippen molar-refractivity contribution in [2.75, 3.05) is 26.3 Å². The van der Waals surface area contributed by atoms with Crippen LogP contribution in [0.15, 0.2) is 48.8 Å². The molecule has 3 aromatic rings. The summed E-state index contributed by atoms with van der Waals surface area (Å²) in [7, 11) is 0. The third-order valence-corrected chi connectivity index (χ3v) is 4.41. The number of morpholine rings is 1. The van der Waals surface area contributed by atoms with Crippen LogP contribution in [0.2, 0.25) is 5.02 Å². The first-order valence-electron chi connectivity index (χ1n) is 7.82. The van der Waals surface area contributed by atoms with Gasteiger partial charge in [-0.05, 0) is 36.4 Å². The zero-order valence-corrected chi connectivity index (χ0v) is 13.7. The van der Waals surface area contributed by atoms with Crippen molar-refractivity contribution in [1.29, 1.82) is 0 Å². The van der Waals surface area contributed by atoms with E-state index in [-0.39, 0.29) is 5.91 Å². The smallest absolute Gasteiger partial charge is 0.254 e. The van der Waals surface area contributed by atoms with E-state index in [1.54, 1.807) is 6.33 Å². The van der Waals surface area contributed by atoms with Crippen molar-refractivity contribution in [1.82, 2.24) is 14.5 Å². The van der Waals surface area contributed by atoms with Gasteiger partial charge in [0, 0.05) is 29.4 Å². The molecule has 1 aliphatic heterocycles. The maximum absolute atomic E-state index is 12.6. The Bertz CT molecular complexity index is 900. The van der Waals surface area contributed by atoms with E-state index in [9.17, 15) is 4.79 Å². The zero-order valence-electron chi connectivity index (χ0n) is 13.0. The fourth-order valence-electron chi connectivity index (χ4n) is 2.93. The van der Waals surface area contributed by atoms with Gasteiger partial charge < -0.3 is 9.64 Å². The number of benzene rings is 2. The highest BCUT2D eigenvalue weighted by Crippen LogP contribution is 2.22. The number of ether oxygens (including phenoxy) is 1. The molecule has 0 N–H and O–H groups in total. The van der Waals surface area contributed by atoms with Gasteiger partial charge in [-0.1, -0.05) is 17.7 Å². The SMILES string of the molecule is O=C(c1ccc2c(c1)ncn2-c1cccc(Cl)c1)N1CCOCC1. The summed E-state index contributed by atoms with van der Waals surface area (Å²) in [5.74, 6) is 0.0255. The van der Waals surface area contributed by atoms with Crippen molar-refractivity contribution in [2.45, 2.75) is 0 Å². The van der Waals surface area contributed by atoms with Gasteiger partial charge in [0.05, 0.1) is 24.2 Å². The number of halogens is 1. The number of hydrogen-bond acceptors (Lipinski definition) is 3. The van der Waals surface area contributed by atoms with Crippen molar-refractivity contribution in [3.8, 4) is 5.69 Å². The van der Waals surface area contributed by atoms with E-state index in [0.29, 0.717) is 36.9 Å². The number of hydrogen-bond donors (Lipinski definition) is 0. The summed E-state index contributed by atoms with van der Waals surface area (Å²) in [6.45, 7) is 2.45. The van der Waals surface area contributed by atoms with E-state index in [0.717, 1.165) is 16.7 Å². The topological polar surface area (TPSA) is 47.4 Å². The minimum Gasteiger partial charge on any atom is -0.378 e. The van der Waals surface area contributed by atoms with Gasteiger partial charge in [0.1, 0.15) is 6.33 Å². The van der Waals surface area contributed by atoms with E-state index in [1.807, 2.05) is 51.9 Å². The first-order chi connectivity index (χ1) is 11.7. The summed E-state index contributed by atoms with van der Waals surface area (Å²) in [6.07, 6.45) is 1.75. The van der Waals surface area contributed by atoms with Crippen molar-refractivity contribution in [2.24, 2.45) is 0 Å². The molecule has 0 bridgehead atoms. The Morgan fingerprint density at radius 1 is 1.12 bits per heavy atom. The molecule has 6 heteroatoms. The van der Waals surface area contributed by atoms with Crippen LogP contribution in [0.25, 0.3) is 16.7 Å². The molecule has 1 aromatic heterocycles. The second kappa shape index (κ2) is 6.26. The van der Waals surface area contributed by atoms with E-state index < -0.39 is 0 Å². The number of aromatic nitrogens is 2. The van der Waals surface area contributed by atoms with Gasteiger partial charge in [0.2, 0.25) is 0 Å². The molecule has 4 rings (SSSR count). The third-order valence-electron chi connectivity index (χ3n) is 4.18. The second-order valence-electron chi connectivity index (χ2n) is 5.70. The zero-order chi connectivity index (χ0) is 16.5. The predicted octanol–water partition coefficient (Wildman–Crippen LogP) is 3.15. The fraction of sp³-hybridized carbons (Fsp3) is 0.222. The molecule has 0 spiro atoms. The molecule has 2 aromatic carbocycles. The average molecular weight is 342 g/mol. The van der Waals surface area contributed by atoms with Crippen LogP contribution < -0.4 is 0 Å². The molecule has 1 amide bonds. The third kappa shape index (κ3) is 2.77. The standard InChI is InChI=1S/C18H16ClN3O2/c19-14-2-1-3-15(11-14)22-12-20-16-10-13(4-5-17(16)22)18(23)21-6-8-24-9-7-21/h1-5,10-12H,6-9H2. The van der Waals surface area contributed by atoms with Crippen LogP contribution in [0.4, 0.5) is 0 Å². The summed E-state index contributed by atoms with van der Waals surface area (Å²) in [4.78, 5) is 18.8. The molecular formula is C18H16ClN3O2. The lowest BCUT2D eigenvalue weighted by Gasteiger charge is -2.26. The van der Waals surface area contributed by atoms with Gasteiger partial charge in [-0.3, -0.25) is 9.36 Å². The fourth-order valence-corrected chi connectivity index (χ4v) is 3.11. The molecule has 24 heavy (non-hydrogen) atoms. The van der Waals surface area contributed by atoms with Crippen molar-refractivity contribution in [3.05, 3.63) is 59.4 Å². The first-order valence-corrected chi connectivity index (χ1v) is 8.20. The Morgan fingerprint density at radius 2 is 1.96 bits per heavy atom. The monoisotopic (exact) mass is 341 g/mol. The minimum absolute atomic E-state index is 0.0255. The van der Waals surface area contributed by atoms with Crippen LogP contribution >= 0.6 is 11.6 Å². The van der Waals surface area contributed by atoms with Gasteiger partial charge in [-0.15, -0.1) is 0 Å². The Hall–Kier alpha value is -2.37. The van der Waals surface area contributed by atoms with E-state index in [1.165, 1.54) is 0 Å². The summed E-state index contributed by atoms with van der Waals surface area (Å²) in [6, 6.07) is 13.2. The maximum Gasteiger partial charge on any atom is 0.254 e. The van der Waals surface area contributed by atoms with Crippen LogP contribution in [0.5, 0.6) is 0 Å². The summed E-state index contributed by atoms with van der Waals surface area (Å²) < 4.78 is 7.26. The predicted molar refractivity (Wildman–Crippen MR) is 92.8 cm³/mol. The molecule has 2 heterocycles. The first kappa shape index (κ1) is 15.2. The van der Waals surface area contributed by atoms with Crippen molar-refractivity contribution in [3.63, 3.8) is 0 Å². The number of carbonyl (C=O) groups excluding carboxylic acids is 1. The van der Waals surface area contributed by atoms with Gasteiger partial charge in [0.25, 0.3) is 5.91 Å². The van der Waals surface area contributed by atoms with Crippen LogP contribution in [0.3, 0.4) is 0 Å². The Labute approximate surface area is 144 Å². The number of carbonyl (C=O) groups is 1. The van der Waals surface area contributed by atoms with Crippen LogP contribution in [-0.2, 0) is 4.74 Å². The summed E-state index contributed by atoms with van der Waals surface area (Å²) in [5, 5.41) is 0.675. The van der Waals surface area contributed by atoms with Gasteiger partial charge in [0.15, 0.2) is 0 Å². The highest BCUT2D eigenvalue weighted by molar-refractivity contribution is 6.30. The molecule has 1 fully saturated rings. The number of rotatable bonds is 2. The van der Waals surface area contributed by atoms with Crippen LogP contribution in [0.1, 0.15) is 10.4 Å². The molecule has 1 aliphatic rings. The number of amides is 1. The Kier molecular flexibility index (Phi) is 3.96. The van der Waals surface area contributed by atoms with Gasteiger partial charge >= 0.3 is 0 Å². The second-order valence-corrected chi connectivity index (χ2v) is 6.14. The molecular weight excluding hydrogens is 326 g/mol. The molecule has 5 nitrogen and oxygen atoms in total. The molecule has 0 aliphatic carbocycles. The van der Waals surface area contributed by atoms with E-state index in [2.05, 4.69) is 4.98 Å². The van der Waals surface area contributed by atoms with Crippen molar-refractivity contribution < 1.29 is 9.53 Å². The highest BCUT2D eigenvalue weighted by atomic mass is 35.5. The lowest BCUT2D eigenvalue weighted by Crippen LogP contribution is -2.40. The number of fused-ring (bicyclic) bond motifs is 1. The maximum atomic E-state index is 12.6. The lowest BCUT2D eigenvalue weighted by molar-refractivity contribution is 0.0303. The lowest BCUT2D eigenvalue weighted by atomic mass is 10.1. The Morgan fingerprint density at radius 3 is 2.75 bits per heavy atom. The largest absolute Gasteiger partial charge is 0.378 e. The minimum atomic E-state index is 0.0255. The van der Waals surface area contributed by atoms with Crippen molar-refractivity contribution >= 4 is 28.5 Å². The highest BCUT2D eigenvalue weighted by Gasteiger charge is 2.19. The van der Waals surface area contributed by atoms with E-state index >= 15 is 0 Å². The molecule has 0 atom stereocenters. The molecule has 122 valence electrons. The van der Waals surface area contributed by atoms with Crippen LogP contribution in [-0.4, -0.2) is 46.7 Å².